The third kappa shape index (κ3) is 10.3. The first-order chi connectivity index (χ1) is 18.9. The number of carbonyl (C=O) groups is 2. The van der Waals surface area contributed by atoms with E-state index in [4.69, 9.17) is 9.47 Å². The molecule has 0 aliphatic heterocycles. The molecule has 2 aromatic rings. The summed E-state index contributed by atoms with van der Waals surface area (Å²) in [4.78, 5) is 26.4. The maximum absolute atomic E-state index is 13.3. The molecule has 2 N–H and O–H groups in total. The van der Waals surface area contributed by atoms with E-state index in [1.54, 1.807) is 36.1 Å². The SMILES string of the molecule is CCCCCCCN(CCO[C@@H]1CCC[C@H](OCc2cccc(C)c2C(=O)O)C1)C(=O)Nc1ccc(F)cc1. The molecular formula is C31H43FN2O5. The molecule has 2 amide bonds. The maximum atomic E-state index is 13.3. The van der Waals surface area contributed by atoms with E-state index >= 15 is 0 Å². The van der Waals surface area contributed by atoms with E-state index in [1.807, 2.05) is 6.07 Å². The van der Waals surface area contributed by atoms with E-state index in [2.05, 4.69) is 12.2 Å². The minimum Gasteiger partial charge on any atom is -0.478 e. The number of amides is 2. The molecule has 0 spiro atoms. The minimum absolute atomic E-state index is 0.00218. The van der Waals surface area contributed by atoms with E-state index in [1.165, 1.54) is 25.0 Å². The number of carbonyl (C=O) groups excluding carboxylic acids is 1. The van der Waals surface area contributed by atoms with Gasteiger partial charge in [-0.3, -0.25) is 0 Å². The topological polar surface area (TPSA) is 88.1 Å². The van der Waals surface area contributed by atoms with Gasteiger partial charge in [-0.15, -0.1) is 0 Å². The quantitative estimate of drug-likeness (QED) is 0.233. The monoisotopic (exact) mass is 542 g/mol. The standard InChI is InChI=1S/C31H43FN2O5/c1-3-4-5-6-7-18-34(31(37)33-26-16-14-25(32)15-17-26)19-20-38-27-12-9-13-28(21-27)39-22-24-11-8-10-23(2)29(24)30(35)36/h8,10-11,14-17,27-28H,3-7,9,12-13,18-22H2,1-2H3,(H,33,37)(H,35,36)/t27-,28+/m1/s1. The van der Waals surface area contributed by atoms with Gasteiger partial charge in [0.15, 0.2) is 0 Å². The summed E-state index contributed by atoms with van der Waals surface area (Å²) in [7, 11) is 0. The van der Waals surface area contributed by atoms with Gasteiger partial charge in [-0.1, -0.05) is 50.8 Å². The van der Waals surface area contributed by atoms with Crippen LogP contribution in [0.15, 0.2) is 42.5 Å². The van der Waals surface area contributed by atoms with Crippen molar-refractivity contribution in [3.63, 3.8) is 0 Å². The average Bonchev–Trinajstić information content (AvgIpc) is 2.92. The summed E-state index contributed by atoms with van der Waals surface area (Å²) in [6.07, 6.45) is 9.11. The number of halogens is 1. The number of rotatable bonds is 15. The highest BCUT2D eigenvalue weighted by atomic mass is 19.1. The van der Waals surface area contributed by atoms with E-state index in [0.717, 1.165) is 50.5 Å². The van der Waals surface area contributed by atoms with Crippen LogP contribution in [-0.4, -0.2) is 53.9 Å². The van der Waals surface area contributed by atoms with Gasteiger partial charge in [0.05, 0.1) is 31.0 Å². The number of benzene rings is 2. The summed E-state index contributed by atoms with van der Waals surface area (Å²) in [5, 5.41) is 12.4. The summed E-state index contributed by atoms with van der Waals surface area (Å²) in [5.74, 6) is -1.28. The molecule has 2 aromatic carbocycles. The van der Waals surface area contributed by atoms with Crippen molar-refractivity contribution in [3.8, 4) is 0 Å². The fourth-order valence-corrected chi connectivity index (χ4v) is 5.05. The third-order valence-electron chi connectivity index (χ3n) is 7.25. The number of aryl methyl sites for hydroxylation is 1. The molecule has 0 unspecified atom stereocenters. The van der Waals surface area contributed by atoms with Gasteiger partial charge in [0, 0.05) is 18.8 Å². The third-order valence-corrected chi connectivity index (χ3v) is 7.25. The van der Waals surface area contributed by atoms with E-state index in [9.17, 15) is 19.1 Å². The molecule has 1 saturated carbocycles. The highest BCUT2D eigenvalue weighted by Gasteiger charge is 2.24. The van der Waals surface area contributed by atoms with Crippen molar-refractivity contribution in [1.29, 1.82) is 0 Å². The van der Waals surface area contributed by atoms with Crippen LogP contribution < -0.4 is 5.32 Å². The van der Waals surface area contributed by atoms with Crippen molar-refractivity contribution in [1.82, 2.24) is 4.90 Å². The predicted molar refractivity (Wildman–Crippen MR) is 151 cm³/mol. The molecule has 0 bridgehead atoms. The minimum atomic E-state index is -0.935. The lowest BCUT2D eigenvalue weighted by atomic mass is 9.94. The second-order valence-electron chi connectivity index (χ2n) is 10.3. The summed E-state index contributed by atoms with van der Waals surface area (Å²) in [6.45, 7) is 5.76. The van der Waals surface area contributed by atoms with Crippen LogP contribution in [0.1, 0.15) is 86.2 Å². The molecule has 0 saturated heterocycles. The number of ether oxygens (including phenoxy) is 2. The Kier molecular flexibility index (Phi) is 12.7. The molecule has 0 heterocycles. The number of hydrogen-bond donors (Lipinski definition) is 2. The van der Waals surface area contributed by atoms with Crippen molar-refractivity contribution in [2.45, 2.75) is 90.4 Å². The molecule has 7 nitrogen and oxygen atoms in total. The summed E-state index contributed by atoms with van der Waals surface area (Å²) >= 11 is 0. The zero-order valence-electron chi connectivity index (χ0n) is 23.3. The van der Waals surface area contributed by atoms with Crippen LogP contribution in [0.2, 0.25) is 0 Å². The van der Waals surface area contributed by atoms with Crippen molar-refractivity contribution in [2.24, 2.45) is 0 Å². The van der Waals surface area contributed by atoms with E-state index in [-0.39, 0.29) is 30.7 Å². The van der Waals surface area contributed by atoms with Gasteiger partial charge < -0.3 is 24.8 Å². The van der Waals surface area contributed by atoms with Crippen LogP contribution in [-0.2, 0) is 16.1 Å². The molecular weight excluding hydrogens is 499 g/mol. The number of urea groups is 1. The Morgan fingerprint density at radius 3 is 2.44 bits per heavy atom. The molecule has 214 valence electrons. The van der Waals surface area contributed by atoms with Crippen LogP contribution in [0.25, 0.3) is 0 Å². The number of hydrogen-bond acceptors (Lipinski definition) is 4. The maximum Gasteiger partial charge on any atom is 0.336 e. The second-order valence-corrected chi connectivity index (χ2v) is 10.3. The highest BCUT2D eigenvalue weighted by molar-refractivity contribution is 5.91. The van der Waals surface area contributed by atoms with E-state index < -0.39 is 5.97 Å². The number of nitrogens with one attached hydrogen (secondary N) is 1. The Labute approximate surface area is 231 Å². The Balaban J connectivity index is 1.48. The van der Waals surface area contributed by atoms with Crippen molar-refractivity contribution < 1.29 is 28.6 Å². The molecule has 1 aliphatic rings. The number of carboxylic acid groups (broad SMARTS) is 1. The lowest BCUT2D eigenvalue weighted by molar-refractivity contribution is -0.0523. The second kappa shape index (κ2) is 16.2. The van der Waals surface area contributed by atoms with Crippen LogP contribution in [0.5, 0.6) is 0 Å². The summed E-state index contributed by atoms with van der Waals surface area (Å²) in [5.41, 5.74) is 2.29. The zero-order chi connectivity index (χ0) is 28.0. The number of carboxylic acids is 1. The Morgan fingerprint density at radius 2 is 1.72 bits per heavy atom. The number of aromatic carboxylic acids is 1. The van der Waals surface area contributed by atoms with Gasteiger partial charge in [-0.25, -0.2) is 14.0 Å². The first-order valence-electron chi connectivity index (χ1n) is 14.2. The number of unbranched alkanes of at least 4 members (excludes halogenated alkanes) is 4. The molecule has 39 heavy (non-hydrogen) atoms. The molecule has 1 aliphatic carbocycles. The first-order valence-corrected chi connectivity index (χ1v) is 14.2. The van der Waals surface area contributed by atoms with Gasteiger partial charge in [0.25, 0.3) is 0 Å². The molecule has 0 radical (unpaired) electrons. The van der Waals surface area contributed by atoms with Crippen LogP contribution in [0.4, 0.5) is 14.9 Å². The lowest BCUT2D eigenvalue weighted by Gasteiger charge is -2.30. The van der Waals surface area contributed by atoms with Gasteiger partial charge in [0.2, 0.25) is 0 Å². The van der Waals surface area contributed by atoms with Gasteiger partial charge >= 0.3 is 12.0 Å². The molecule has 1 fully saturated rings. The Morgan fingerprint density at radius 1 is 1.00 bits per heavy atom. The number of nitrogens with zero attached hydrogens (tertiary/aromatic N) is 1. The van der Waals surface area contributed by atoms with Crippen LogP contribution in [0, 0.1) is 12.7 Å². The highest BCUT2D eigenvalue weighted by Crippen LogP contribution is 2.25. The first kappa shape index (κ1) is 30.6. The Hall–Kier alpha value is -2.97. The van der Waals surface area contributed by atoms with E-state index in [0.29, 0.717) is 36.5 Å². The summed E-state index contributed by atoms with van der Waals surface area (Å²) in [6, 6.07) is 11.0. The van der Waals surface area contributed by atoms with Crippen molar-refractivity contribution in [2.75, 3.05) is 25.0 Å². The van der Waals surface area contributed by atoms with Crippen LogP contribution >= 0.6 is 0 Å². The molecule has 0 aromatic heterocycles. The van der Waals surface area contributed by atoms with Crippen molar-refractivity contribution in [3.05, 3.63) is 65.0 Å². The summed E-state index contributed by atoms with van der Waals surface area (Å²) < 4.78 is 25.6. The van der Waals surface area contributed by atoms with Gasteiger partial charge in [0.1, 0.15) is 5.82 Å². The lowest BCUT2D eigenvalue weighted by Crippen LogP contribution is -2.39. The molecule has 2 atom stereocenters. The zero-order valence-corrected chi connectivity index (χ0v) is 23.3. The van der Waals surface area contributed by atoms with Crippen molar-refractivity contribution >= 4 is 17.7 Å². The Bertz CT molecular complexity index is 1050. The van der Waals surface area contributed by atoms with Gasteiger partial charge in [-0.2, -0.15) is 0 Å². The molecule has 8 heteroatoms. The fourth-order valence-electron chi connectivity index (χ4n) is 5.05. The predicted octanol–water partition coefficient (Wildman–Crippen LogP) is 7.18. The molecule has 3 rings (SSSR count). The van der Waals surface area contributed by atoms with Gasteiger partial charge in [-0.05, 0) is 74.4 Å². The average molecular weight is 543 g/mol. The normalized spacial score (nSPS) is 17.1. The fraction of sp³-hybridized carbons (Fsp3) is 0.548. The largest absolute Gasteiger partial charge is 0.478 e. The smallest absolute Gasteiger partial charge is 0.336 e. The van der Waals surface area contributed by atoms with Crippen LogP contribution in [0.3, 0.4) is 0 Å². The number of anilines is 1.